The second-order valence-electron chi connectivity index (χ2n) is 5.37. The molecule has 1 saturated heterocycles. The van der Waals surface area contributed by atoms with Crippen LogP contribution in [0.25, 0.3) is 11.3 Å². The van der Waals surface area contributed by atoms with Crippen molar-refractivity contribution in [2.75, 3.05) is 13.1 Å². The highest BCUT2D eigenvalue weighted by atomic mass is 16.5. The molecular formula is C15H18N4O2. The van der Waals surface area contributed by atoms with Crippen molar-refractivity contribution < 1.29 is 9.32 Å². The van der Waals surface area contributed by atoms with Crippen LogP contribution in [0.15, 0.2) is 35.1 Å². The van der Waals surface area contributed by atoms with E-state index in [1.54, 1.807) is 18.5 Å². The molecule has 1 fully saturated rings. The van der Waals surface area contributed by atoms with E-state index in [1.807, 2.05) is 12.1 Å². The molecule has 2 aromatic heterocycles. The number of nitrogens with zero attached hydrogens (tertiary/aromatic N) is 2. The van der Waals surface area contributed by atoms with Crippen LogP contribution in [0, 0.1) is 5.92 Å². The highest BCUT2D eigenvalue weighted by molar-refractivity contribution is 5.93. The number of pyridine rings is 1. The van der Waals surface area contributed by atoms with E-state index in [-0.39, 0.29) is 11.9 Å². The Kier molecular flexibility index (Phi) is 3.96. The monoisotopic (exact) mass is 286 g/mol. The lowest BCUT2D eigenvalue weighted by Gasteiger charge is -2.29. The summed E-state index contributed by atoms with van der Waals surface area (Å²) >= 11 is 0. The SMILES string of the molecule is CC1CNCCC1NC(=O)c1cc(-c2cccnc2)on1. The number of hydrogen-bond acceptors (Lipinski definition) is 5. The molecule has 3 rings (SSSR count). The first-order valence-electron chi connectivity index (χ1n) is 7.13. The number of amides is 1. The summed E-state index contributed by atoms with van der Waals surface area (Å²) in [6.45, 7) is 3.97. The third-order valence-electron chi connectivity index (χ3n) is 3.79. The fourth-order valence-electron chi connectivity index (χ4n) is 2.50. The summed E-state index contributed by atoms with van der Waals surface area (Å²) in [6.07, 6.45) is 4.29. The number of rotatable bonds is 3. The fraction of sp³-hybridized carbons (Fsp3) is 0.400. The zero-order valence-electron chi connectivity index (χ0n) is 11.9. The molecule has 2 aromatic rings. The third kappa shape index (κ3) is 3.11. The molecule has 0 spiro atoms. The zero-order valence-corrected chi connectivity index (χ0v) is 11.9. The molecule has 0 radical (unpaired) electrons. The van der Waals surface area contributed by atoms with Gasteiger partial charge in [-0.3, -0.25) is 9.78 Å². The van der Waals surface area contributed by atoms with Gasteiger partial charge in [0.1, 0.15) is 0 Å². The molecule has 0 saturated carbocycles. The molecule has 6 nitrogen and oxygen atoms in total. The summed E-state index contributed by atoms with van der Waals surface area (Å²) in [4.78, 5) is 16.3. The second-order valence-corrected chi connectivity index (χ2v) is 5.37. The summed E-state index contributed by atoms with van der Waals surface area (Å²) in [5.41, 5.74) is 1.11. The highest BCUT2D eigenvalue weighted by Crippen LogP contribution is 2.19. The van der Waals surface area contributed by atoms with Gasteiger partial charge in [0.15, 0.2) is 11.5 Å². The molecule has 21 heavy (non-hydrogen) atoms. The van der Waals surface area contributed by atoms with Gasteiger partial charge in [-0.2, -0.15) is 0 Å². The van der Waals surface area contributed by atoms with Crippen molar-refractivity contribution >= 4 is 5.91 Å². The molecule has 2 N–H and O–H groups in total. The fourth-order valence-corrected chi connectivity index (χ4v) is 2.50. The number of carbonyl (C=O) groups excluding carboxylic acids is 1. The maximum Gasteiger partial charge on any atom is 0.273 e. The lowest BCUT2D eigenvalue weighted by molar-refractivity contribution is 0.0905. The number of hydrogen-bond donors (Lipinski definition) is 2. The Bertz CT molecular complexity index is 611. The molecular weight excluding hydrogens is 268 g/mol. The van der Waals surface area contributed by atoms with E-state index in [0.29, 0.717) is 17.4 Å². The van der Waals surface area contributed by atoms with Gasteiger partial charge in [0.2, 0.25) is 0 Å². The van der Waals surface area contributed by atoms with Crippen molar-refractivity contribution in [2.24, 2.45) is 5.92 Å². The van der Waals surface area contributed by atoms with Gasteiger partial charge in [0.25, 0.3) is 5.91 Å². The number of piperidine rings is 1. The molecule has 0 aliphatic carbocycles. The van der Waals surface area contributed by atoms with Crippen molar-refractivity contribution in [3.63, 3.8) is 0 Å². The minimum absolute atomic E-state index is 0.178. The van der Waals surface area contributed by atoms with Crippen molar-refractivity contribution in [1.29, 1.82) is 0 Å². The molecule has 1 amide bonds. The highest BCUT2D eigenvalue weighted by Gasteiger charge is 2.24. The Hall–Kier alpha value is -2.21. The van der Waals surface area contributed by atoms with E-state index in [2.05, 4.69) is 27.7 Å². The molecule has 3 heterocycles. The van der Waals surface area contributed by atoms with Crippen LogP contribution < -0.4 is 10.6 Å². The lowest BCUT2D eigenvalue weighted by Crippen LogP contribution is -2.48. The molecule has 0 bridgehead atoms. The Morgan fingerprint density at radius 2 is 2.43 bits per heavy atom. The summed E-state index contributed by atoms with van der Waals surface area (Å²) in [5.74, 6) is 0.770. The van der Waals surface area contributed by atoms with Crippen molar-refractivity contribution in [3.8, 4) is 11.3 Å². The molecule has 1 aliphatic rings. The van der Waals surface area contributed by atoms with E-state index >= 15 is 0 Å². The van der Waals surface area contributed by atoms with Crippen LogP contribution in [0.2, 0.25) is 0 Å². The predicted octanol–water partition coefficient (Wildman–Crippen LogP) is 1.46. The number of nitrogens with one attached hydrogen (secondary N) is 2. The van der Waals surface area contributed by atoms with Crippen LogP contribution in [0.3, 0.4) is 0 Å². The van der Waals surface area contributed by atoms with Gasteiger partial charge < -0.3 is 15.2 Å². The van der Waals surface area contributed by atoms with Crippen molar-refractivity contribution in [2.45, 2.75) is 19.4 Å². The summed E-state index contributed by atoms with van der Waals surface area (Å²) in [5, 5.41) is 10.2. The first-order chi connectivity index (χ1) is 10.2. The standard InChI is InChI=1S/C15H18N4O2/c1-10-8-17-6-4-12(10)18-15(20)13-7-14(21-19-13)11-3-2-5-16-9-11/h2-3,5,7,9-10,12,17H,4,6,8H2,1H3,(H,18,20). The Morgan fingerprint density at radius 3 is 3.19 bits per heavy atom. The van der Waals surface area contributed by atoms with Gasteiger partial charge >= 0.3 is 0 Å². The average Bonchev–Trinajstić information content (AvgIpc) is 3.00. The van der Waals surface area contributed by atoms with Crippen LogP contribution in [0.1, 0.15) is 23.8 Å². The second kappa shape index (κ2) is 6.05. The van der Waals surface area contributed by atoms with Gasteiger partial charge in [-0.15, -0.1) is 0 Å². The summed E-state index contributed by atoms with van der Waals surface area (Å²) in [6, 6.07) is 5.51. The van der Waals surface area contributed by atoms with Crippen LogP contribution in [-0.4, -0.2) is 35.2 Å². The van der Waals surface area contributed by atoms with E-state index in [9.17, 15) is 4.79 Å². The van der Waals surface area contributed by atoms with Crippen LogP contribution in [0.4, 0.5) is 0 Å². The Labute approximate surface area is 122 Å². The van der Waals surface area contributed by atoms with Crippen LogP contribution in [-0.2, 0) is 0 Å². The number of carbonyl (C=O) groups is 1. The van der Waals surface area contributed by atoms with Crippen molar-refractivity contribution in [3.05, 3.63) is 36.3 Å². The Morgan fingerprint density at radius 1 is 1.52 bits per heavy atom. The zero-order chi connectivity index (χ0) is 14.7. The molecule has 1 aliphatic heterocycles. The number of aromatic nitrogens is 2. The van der Waals surface area contributed by atoms with E-state index < -0.39 is 0 Å². The summed E-state index contributed by atoms with van der Waals surface area (Å²) in [7, 11) is 0. The van der Waals surface area contributed by atoms with Gasteiger partial charge in [-0.05, 0) is 37.6 Å². The first-order valence-corrected chi connectivity index (χ1v) is 7.13. The minimum atomic E-state index is -0.187. The van der Waals surface area contributed by atoms with Gasteiger partial charge in [-0.25, -0.2) is 0 Å². The quantitative estimate of drug-likeness (QED) is 0.893. The largest absolute Gasteiger partial charge is 0.355 e. The Balaban J connectivity index is 1.69. The molecule has 6 heteroatoms. The maximum atomic E-state index is 12.2. The van der Waals surface area contributed by atoms with Gasteiger partial charge in [0.05, 0.1) is 0 Å². The third-order valence-corrected chi connectivity index (χ3v) is 3.79. The average molecular weight is 286 g/mol. The van der Waals surface area contributed by atoms with Crippen LogP contribution >= 0.6 is 0 Å². The van der Waals surface area contributed by atoms with E-state index in [4.69, 9.17) is 4.52 Å². The topological polar surface area (TPSA) is 80.0 Å². The normalized spacial score (nSPS) is 22.0. The van der Waals surface area contributed by atoms with E-state index in [0.717, 1.165) is 25.1 Å². The van der Waals surface area contributed by atoms with E-state index in [1.165, 1.54) is 0 Å². The molecule has 0 aromatic carbocycles. The maximum absolute atomic E-state index is 12.2. The van der Waals surface area contributed by atoms with Gasteiger partial charge in [0, 0.05) is 30.1 Å². The predicted molar refractivity (Wildman–Crippen MR) is 77.6 cm³/mol. The molecule has 110 valence electrons. The summed E-state index contributed by atoms with van der Waals surface area (Å²) < 4.78 is 5.22. The van der Waals surface area contributed by atoms with Gasteiger partial charge in [-0.1, -0.05) is 12.1 Å². The lowest BCUT2D eigenvalue weighted by atomic mass is 9.95. The van der Waals surface area contributed by atoms with Crippen LogP contribution in [0.5, 0.6) is 0 Å². The van der Waals surface area contributed by atoms with Crippen molar-refractivity contribution in [1.82, 2.24) is 20.8 Å². The smallest absolute Gasteiger partial charge is 0.273 e. The molecule has 2 unspecified atom stereocenters. The first kappa shape index (κ1) is 13.8. The minimum Gasteiger partial charge on any atom is -0.355 e. The molecule has 2 atom stereocenters.